The fraction of sp³-hybridized carbons (Fsp3) is 0.571. The Labute approximate surface area is 163 Å². The SMILES string of the molecule is C#Cc1cc(C)nc(C)c1.CC(C)(C)OC(=O)CNCC(=O)OC(C)(C)C. The van der Waals surface area contributed by atoms with Gasteiger partial charge in [-0.05, 0) is 67.5 Å². The molecule has 1 heterocycles. The van der Waals surface area contributed by atoms with Crippen LogP contribution in [-0.4, -0.2) is 41.2 Å². The molecular weight excluding hydrogens is 344 g/mol. The van der Waals surface area contributed by atoms with Gasteiger partial charge in [-0.25, -0.2) is 0 Å². The molecule has 1 rings (SSSR count). The Kier molecular flexibility index (Phi) is 9.74. The van der Waals surface area contributed by atoms with Crippen LogP contribution in [0.4, 0.5) is 0 Å². The average molecular weight is 376 g/mol. The van der Waals surface area contributed by atoms with Gasteiger partial charge in [-0.1, -0.05) is 5.92 Å². The van der Waals surface area contributed by atoms with Gasteiger partial charge in [0.2, 0.25) is 0 Å². The van der Waals surface area contributed by atoms with Crippen LogP contribution in [0.1, 0.15) is 58.5 Å². The second kappa shape index (κ2) is 10.7. The fourth-order valence-corrected chi connectivity index (χ4v) is 1.94. The summed E-state index contributed by atoms with van der Waals surface area (Å²) in [5, 5.41) is 2.68. The number of terminal acetylenes is 1. The van der Waals surface area contributed by atoms with E-state index < -0.39 is 11.2 Å². The molecule has 0 radical (unpaired) electrons. The molecule has 0 fully saturated rings. The van der Waals surface area contributed by atoms with Crippen molar-refractivity contribution in [2.75, 3.05) is 13.1 Å². The largest absolute Gasteiger partial charge is 0.459 e. The number of hydrogen-bond acceptors (Lipinski definition) is 6. The average Bonchev–Trinajstić information content (AvgIpc) is 2.42. The molecule has 6 nitrogen and oxygen atoms in total. The van der Waals surface area contributed by atoms with Gasteiger partial charge in [0.05, 0.1) is 13.1 Å². The molecule has 0 aromatic carbocycles. The number of nitrogens with zero attached hydrogens (tertiary/aromatic N) is 1. The van der Waals surface area contributed by atoms with Crippen LogP contribution in [-0.2, 0) is 19.1 Å². The summed E-state index contributed by atoms with van der Waals surface area (Å²) in [6.45, 7) is 14.6. The van der Waals surface area contributed by atoms with Crippen molar-refractivity contribution in [1.82, 2.24) is 10.3 Å². The van der Waals surface area contributed by atoms with Gasteiger partial charge in [0.25, 0.3) is 0 Å². The predicted molar refractivity (Wildman–Crippen MR) is 106 cm³/mol. The van der Waals surface area contributed by atoms with E-state index in [9.17, 15) is 9.59 Å². The molecule has 0 aliphatic rings. The number of carbonyl (C=O) groups is 2. The summed E-state index contributed by atoms with van der Waals surface area (Å²) in [5.41, 5.74) is 1.85. The zero-order valence-electron chi connectivity index (χ0n) is 17.7. The summed E-state index contributed by atoms with van der Waals surface area (Å²) >= 11 is 0. The lowest BCUT2D eigenvalue weighted by atomic mass is 10.2. The van der Waals surface area contributed by atoms with Gasteiger partial charge in [-0.15, -0.1) is 6.42 Å². The number of esters is 2. The molecule has 0 spiro atoms. The van der Waals surface area contributed by atoms with E-state index in [1.54, 1.807) is 41.5 Å². The molecule has 1 aromatic heterocycles. The summed E-state index contributed by atoms with van der Waals surface area (Å²) in [7, 11) is 0. The van der Waals surface area contributed by atoms with Crippen molar-refractivity contribution in [3.63, 3.8) is 0 Å². The van der Waals surface area contributed by atoms with Crippen LogP contribution in [0.15, 0.2) is 12.1 Å². The van der Waals surface area contributed by atoms with Crippen LogP contribution in [0.2, 0.25) is 0 Å². The first-order valence-corrected chi connectivity index (χ1v) is 8.78. The third-order valence-electron chi connectivity index (χ3n) is 2.63. The minimum atomic E-state index is -0.509. The molecule has 0 aliphatic carbocycles. The highest BCUT2D eigenvalue weighted by molar-refractivity contribution is 5.75. The van der Waals surface area contributed by atoms with Crippen LogP contribution in [0, 0.1) is 26.2 Å². The third kappa shape index (κ3) is 14.5. The minimum Gasteiger partial charge on any atom is -0.459 e. The van der Waals surface area contributed by atoms with Crippen LogP contribution < -0.4 is 5.32 Å². The monoisotopic (exact) mass is 376 g/mol. The molecule has 0 unspecified atom stereocenters. The van der Waals surface area contributed by atoms with E-state index in [0.717, 1.165) is 17.0 Å². The van der Waals surface area contributed by atoms with Gasteiger partial charge in [0.15, 0.2) is 0 Å². The number of carbonyl (C=O) groups excluding carboxylic acids is 2. The van der Waals surface area contributed by atoms with Gasteiger partial charge in [-0.2, -0.15) is 0 Å². The highest BCUT2D eigenvalue weighted by Crippen LogP contribution is 2.07. The molecule has 6 heteroatoms. The maximum absolute atomic E-state index is 11.3. The van der Waals surface area contributed by atoms with E-state index in [-0.39, 0.29) is 25.0 Å². The second-order valence-corrected chi connectivity index (χ2v) is 8.06. The first-order chi connectivity index (χ1) is 12.2. The van der Waals surface area contributed by atoms with Gasteiger partial charge in [0, 0.05) is 17.0 Å². The highest BCUT2D eigenvalue weighted by Gasteiger charge is 2.18. The molecule has 1 N–H and O–H groups in total. The van der Waals surface area contributed by atoms with Crippen LogP contribution >= 0.6 is 0 Å². The van der Waals surface area contributed by atoms with Crippen LogP contribution in [0.5, 0.6) is 0 Å². The maximum atomic E-state index is 11.3. The number of aryl methyl sites for hydroxylation is 2. The highest BCUT2D eigenvalue weighted by atomic mass is 16.6. The quantitative estimate of drug-likeness (QED) is 0.643. The van der Waals surface area contributed by atoms with Crippen molar-refractivity contribution in [2.45, 2.75) is 66.6 Å². The molecule has 0 amide bonds. The zero-order chi connectivity index (χ0) is 21.3. The number of rotatable bonds is 4. The Morgan fingerprint density at radius 1 is 0.963 bits per heavy atom. The Morgan fingerprint density at radius 3 is 1.63 bits per heavy atom. The van der Waals surface area contributed by atoms with Crippen molar-refractivity contribution in [1.29, 1.82) is 0 Å². The van der Waals surface area contributed by atoms with Crippen molar-refractivity contribution in [3.05, 3.63) is 29.1 Å². The van der Waals surface area contributed by atoms with Crippen molar-refractivity contribution < 1.29 is 19.1 Å². The first-order valence-electron chi connectivity index (χ1n) is 8.78. The Morgan fingerprint density at radius 2 is 1.33 bits per heavy atom. The lowest BCUT2D eigenvalue weighted by Crippen LogP contribution is -2.36. The number of aromatic nitrogens is 1. The molecule has 150 valence electrons. The number of hydrogen-bond donors (Lipinski definition) is 1. The van der Waals surface area contributed by atoms with Crippen LogP contribution in [0.3, 0.4) is 0 Å². The normalized spacial score (nSPS) is 10.9. The number of pyridine rings is 1. The molecule has 0 saturated heterocycles. The second-order valence-electron chi connectivity index (χ2n) is 8.06. The van der Waals surface area contributed by atoms with E-state index in [2.05, 4.69) is 16.2 Å². The first kappa shape index (κ1) is 24.6. The lowest BCUT2D eigenvalue weighted by molar-refractivity contribution is -0.155. The van der Waals surface area contributed by atoms with E-state index in [0.29, 0.717) is 0 Å². The molecule has 1 aromatic rings. The minimum absolute atomic E-state index is 0.00346. The summed E-state index contributed by atoms with van der Waals surface area (Å²) < 4.78 is 10.1. The molecule has 0 saturated carbocycles. The van der Waals surface area contributed by atoms with Gasteiger partial charge in [-0.3, -0.25) is 19.9 Å². The zero-order valence-corrected chi connectivity index (χ0v) is 17.7. The van der Waals surface area contributed by atoms with Crippen LogP contribution in [0.25, 0.3) is 0 Å². The number of ether oxygens (including phenoxy) is 2. The molecule has 0 atom stereocenters. The molecule has 27 heavy (non-hydrogen) atoms. The van der Waals surface area contributed by atoms with E-state index in [1.165, 1.54) is 0 Å². The van der Waals surface area contributed by atoms with Gasteiger partial charge >= 0.3 is 11.9 Å². The van der Waals surface area contributed by atoms with E-state index in [1.807, 2.05) is 26.0 Å². The smallest absolute Gasteiger partial charge is 0.320 e. The topological polar surface area (TPSA) is 77.5 Å². The molecule has 0 aliphatic heterocycles. The maximum Gasteiger partial charge on any atom is 0.320 e. The molecule has 0 bridgehead atoms. The Hall–Kier alpha value is -2.39. The summed E-state index contributed by atoms with van der Waals surface area (Å²) in [6, 6.07) is 3.79. The van der Waals surface area contributed by atoms with Gasteiger partial charge < -0.3 is 9.47 Å². The summed E-state index contributed by atoms with van der Waals surface area (Å²) in [5.74, 6) is 1.79. The third-order valence-corrected chi connectivity index (χ3v) is 2.63. The molecular formula is C21H32N2O4. The summed E-state index contributed by atoms with van der Waals surface area (Å²) in [6.07, 6.45) is 5.21. The van der Waals surface area contributed by atoms with E-state index >= 15 is 0 Å². The lowest BCUT2D eigenvalue weighted by Gasteiger charge is -2.20. The summed E-state index contributed by atoms with van der Waals surface area (Å²) in [4.78, 5) is 26.8. The van der Waals surface area contributed by atoms with Crippen molar-refractivity contribution in [2.24, 2.45) is 0 Å². The van der Waals surface area contributed by atoms with Gasteiger partial charge in [0.1, 0.15) is 11.2 Å². The Bertz CT molecular complexity index is 629. The van der Waals surface area contributed by atoms with Crippen molar-refractivity contribution in [3.8, 4) is 12.3 Å². The number of nitrogens with one attached hydrogen (secondary N) is 1. The van der Waals surface area contributed by atoms with E-state index in [4.69, 9.17) is 15.9 Å². The van der Waals surface area contributed by atoms with Crippen molar-refractivity contribution >= 4 is 11.9 Å². The Balaban J connectivity index is 0.000000569. The predicted octanol–water partition coefficient (Wildman–Crippen LogP) is 2.94. The fourth-order valence-electron chi connectivity index (χ4n) is 1.94. The standard InChI is InChI=1S/C12H23NO4.C9H9N/c1-11(2,3)16-9(14)7-13-8-10(15)17-12(4,5)6;1-4-9-5-7(2)10-8(3)6-9/h13H,7-8H2,1-6H3;1,5-6H,2-3H3.